The Labute approximate surface area is 142 Å². The summed E-state index contributed by atoms with van der Waals surface area (Å²) in [6, 6.07) is 1.46. The van der Waals surface area contributed by atoms with Gasteiger partial charge in [0.1, 0.15) is 4.21 Å². The number of carbonyl (C=O) groups is 1. The first kappa shape index (κ1) is 17.2. The van der Waals surface area contributed by atoms with Gasteiger partial charge >= 0.3 is 0 Å². The van der Waals surface area contributed by atoms with Gasteiger partial charge < -0.3 is 4.90 Å². The molecule has 21 heavy (non-hydrogen) atoms. The third kappa shape index (κ3) is 3.79. The summed E-state index contributed by atoms with van der Waals surface area (Å²) in [5.74, 6) is 0.0659. The second-order valence-corrected chi connectivity index (χ2v) is 9.62. The Bertz CT molecular complexity index is 613. The summed E-state index contributed by atoms with van der Waals surface area (Å²) < 4.78 is 27.5. The first-order valence-corrected chi connectivity index (χ1v) is 10.0. The van der Waals surface area contributed by atoms with Crippen LogP contribution >= 0.6 is 38.9 Å². The molecule has 0 aromatic carbocycles. The van der Waals surface area contributed by atoms with Gasteiger partial charge in [-0.05, 0) is 28.4 Å². The minimum absolute atomic E-state index is 0.0659. The molecule has 1 aliphatic rings. The Balaban J connectivity index is 2.16. The topological polar surface area (TPSA) is 57.7 Å². The van der Waals surface area contributed by atoms with Crippen molar-refractivity contribution in [2.24, 2.45) is 0 Å². The predicted octanol–water partition coefficient (Wildman–Crippen LogP) is 2.80. The molecule has 0 spiro atoms. The lowest BCUT2D eigenvalue weighted by molar-refractivity contribution is -0.130. The smallest absolute Gasteiger partial charge is 0.252 e. The molecular formula is C12H16BrClN2O3S2. The number of halogens is 2. The van der Waals surface area contributed by atoms with Crippen LogP contribution in [-0.4, -0.2) is 49.7 Å². The van der Waals surface area contributed by atoms with Gasteiger partial charge in [0.2, 0.25) is 5.91 Å². The molecule has 0 bridgehead atoms. The number of hydrogen-bond donors (Lipinski definition) is 0. The van der Waals surface area contributed by atoms with Gasteiger partial charge in [-0.3, -0.25) is 4.79 Å². The number of hydrogen-bond acceptors (Lipinski definition) is 4. The molecule has 0 aliphatic carbocycles. The van der Waals surface area contributed by atoms with Crippen molar-refractivity contribution in [3.05, 3.63) is 14.9 Å². The molecule has 0 saturated carbocycles. The normalized spacial score (nSPS) is 17.8. The molecule has 5 nitrogen and oxygen atoms in total. The Morgan fingerprint density at radius 1 is 1.38 bits per heavy atom. The maximum atomic E-state index is 12.6. The average Bonchev–Trinajstić information content (AvgIpc) is 2.69. The number of thiophene rings is 1. The van der Waals surface area contributed by atoms with Crippen LogP contribution in [0.5, 0.6) is 0 Å². The fourth-order valence-corrected chi connectivity index (χ4v) is 6.21. The second kappa shape index (κ2) is 6.95. The lowest BCUT2D eigenvalue weighted by atomic mass is 10.3. The van der Waals surface area contributed by atoms with Crippen molar-refractivity contribution >= 4 is 54.8 Å². The Hall–Kier alpha value is -0.150. The van der Waals surface area contributed by atoms with Crippen molar-refractivity contribution < 1.29 is 13.2 Å². The van der Waals surface area contributed by atoms with E-state index in [2.05, 4.69) is 15.9 Å². The Kier molecular flexibility index (Phi) is 5.70. The standard InChI is InChI=1S/C12H16BrClN2O3S2/c1-2-10(17)15-4-3-5-16(7-6-15)21(18,19)11-8-9(14)12(13)20-11/h8H,2-7H2,1H3. The minimum atomic E-state index is -3.54. The molecule has 1 fully saturated rings. The maximum Gasteiger partial charge on any atom is 0.252 e. The highest BCUT2D eigenvalue weighted by Gasteiger charge is 2.29. The summed E-state index contributed by atoms with van der Waals surface area (Å²) in [5.41, 5.74) is 0. The van der Waals surface area contributed by atoms with Gasteiger partial charge in [-0.2, -0.15) is 4.31 Å². The van der Waals surface area contributed by atoms with Gasteiger partial charge in [-0.25, -0.2) is 8.42 Å². The number of rotatable bonds is 3. The van der Waals surface area contributed by atoms with Gasteiger partial charge in [-0.1, -0.05) is 18.5 Å². The molecule has 1 aromatic rings. The molecule has 0 unspecified atom stereocenters. The monoisotopic (exact) mass is 414 g/mol. The molecule has 1 aliphatic heterocycles. The van der Waals surface area contributed by atoms with Crippen LogP contribution in [0.1, 0.15) is 19.8 Å². The predicted molar refractivity (Wildman–Crippen MR) is 87.3 cm³/mol. The third-order valence-electron chi connectivity index (χ3n) is 3.33. The number of carbonyl (C=O) groups excluding carboxylic acids is 1. The zero-order valence-electron chi connectivity index (χ0n) is 11.5. The van der Waals surface area contributed by atoms with Gasteiger partial charge in [0.15, 0.2) is 0 Å². The lowest BCUT2D eigenvalue weighted by Gasteiger charge is -2.21. The zero-order valence-corrected chi connectivity index (χ0v) is 15.5. The Morgan fingerprint density at radius 2 is 2.10 bits per heavy atom. The van der Waals surface area contributed by atoms with Crippen molar-refractivity contribution in [1.82, 2.24) is 9.21 Å². The summed E-state index contributed by atoms with van der Waals surface area (Å²) >= 11 is 10.3. The highest BCUT2D eigenvalue weighted by atomic mass is 79.9. The average molecular weight is 416 g/mol. The van der Waals surface area contributed by atoms with Crippen molar-refractivity contribution in [2.45, 2.75) is 24.0 Å². The van der Waals surface area contributed by atoms with E-state index >= 15 is 0 Å². The van der Waals surface area contributed by atoms with Gasteiger partial charge in [0.05, 0.1) is 8.81 Å². The molecule has 2 heterocycles. The summed E-state index contributed by atoms with van der Waals surface area (Å²) in [4.78, 5) is 13.5. The zero-order chi connectivity index (χ0) is 15.6. The molecule has 9 heteroatoms. The first-order valence-electron chi connectivity index (χ1n) is 6.59. The molecule has 0 atom stereocenters. The Morgan fingerprint density at radius 3 is 2.67 bits per heavy atom. The lowest BCUT2D eigenvalue weighted by Crippen LogP contribution is -2.36. The van der Waals surface area contributed by atoms with E-state index in [1.165, 1.54) is 10.4 Å². The van der Waals surface area contributed by atoms with E-state index in [1.54, 1.807) is 4.90 Å². The molecular weight excluding hydrogens is 400 g/mol. The van der Waals surface area contributed by atoms with E-state index < -0.39 is 10.0 Å². The van der Waals surface area contributed by atoms with Crippen LogP contribution in [0.4, 0.5) is 0 Å². The van der Waals surface area contributed by atoms with Crippen LogP contribution in [0, 0.1) is 0 Å². The van der Waals surface area contributed by atoms with Gasteiger partial charge in [-0.15, -0.1) is 11.3 Å². The highest BCUT2D eigenvalue weighted by molar-refractivity contribution is 9.11. The molecule has 118 valence electrons. The van der Waals surface area contributed by atoms with Crippen molar-refractivity contribution in [2.75, 3.05) is 26.2 Å². The fraction of sp³-hybridized carbons (Fsp3) is 0.583. The molecule has 0 radical (unpaired) electrons. The molecule has 1 aromatic heterocycles. The summed E-state index contributed by atoms with van der Waals surface area (Å²) in [6.07, 6.45) is 1.09. The van der Waals surface area contributed by atoms with Crippen molar-refractivity contribution in [1.29, 1.82) is 0 Å². The summed E-state index contributed by atoms with van der Waals surface area (Å²) in [7, 11) is -3.54. The number of sulfonamides is 1. The van der Waals surface area contributed by atoms with Crippen LogP contribution in [-0.2, 0) is 14.8 Å². The largest absolute Gasteiger partial charge is 0.341 e. The fourth-order valence-electron chi connectivity index (χ4n) is 2.19. The van der Waals surface area contributed by atoms with Crippen LogP contribution in [0.15, 0.2) is 14.1 Å². The van der Waals surface area contributed by atoms with Gasteiger partial charge in [0.25, 0.3) is 10.0 Å². The van der Waals surface area contributed by atoms with Gasteiger partial charge in [0, 0.05) is 32.6 Å². The number of nitrogens with zero attached hydrogens (tertiary/aromatic N) is 2. The number of amides is 1. The molecule has 1 amide bonds. The second-order valence-electron chi connectivity index (χ2n) is 4.68. The van der Waals surface area contributed by atoms with E-state index in [0.29, 0.717) is 47.8 Å². The summed E-state index contributed by atoms with van der Waals surface area (Å²) in [5, 5.41) is 0.399. The first-order chi connectivity index (χ1) is 9.86. The minimum Gasteiger partial charge on any atom is -0.341 e. The van der Waals surface area contributed by atoms with E-state index in [9.17, 15) is 13.2 Å². The third-order valence-corrected chi connectivity index (χ3v) is 8.15. The van der Waals surface area contributed by atoms with Crippen LogP contribution in [0.25, 0.3) is 0 Å². The van der Waals surface area contributed by atoms with E-state index in [0.717, 1.165) is 11.3 Å². The van der Waals surface area contributed by atoms with E-state index in [-0.39, 0.29) is 10.1 Å². The van der Waals surface area contributed by atoms with Crippen LogP contribution < -0.4 is 0 Å². The van der Waals surface area contributed by atoms with E-state index in [4.69, 9.17) is 11.6 Å². The molecule has 0 N–H and O–H groups in total. The van der Waals surface area contributed by atoms with Crippen molar-refractivity contribution in [3.63, 3.8) is 0 Å². The molecule has 1 saturated heterocycles. The maximum absolute atomic E-state index is 12.6. The van der Waals surface area contributed by atoms with E-state index in [1.807, 2.05) is 6.92 Å². The molecule has 2 rings (SSSR count). The van der Waals surface area contributed by atoms with Crippen LogP contribution in [0.3, 0.4) is 0 Å². The van der Waals surface area contributed by atoms with Crippen LogP contribution in [0.2, 0.25) is 5.02 Å². The SMILES string of the molecule is CCC(=O)N1CCCN(S(=O)(=O)c2cc(Cl)c(Br)s2)CC1. The summed E-state index contributed by atoms with van der Waals surface area (Å²) in [6.45, 7) is 3.59. The van der Waals surface area contributed by atoms with Crippen molar-refractivity contribution in [3.8, 4) is 0 Å². The highest BCUT2D eigenvalue weighted by Crippen LogP contribution is 2.36. The quantitative estimate of drug-likeness (QED) is 0.763.